The molecular formula is C14H10BrFN2O2. The van der Waals surface area contributed by atoms with Crippen molar-refractivity contribution in [2.75, 3.05) is 7.11 Å². The van der Waals surface area contributed by atoms with Crippen molar-refractivity contribution < 1.29 is 9.13 Å². The van der Waals surface area contributed by atoms with Crippen molar-refractivity contribution in [3.8, 4) is 22.9 Å². The lowest BCUT2D eigenvalue weighted by molar-refractivity contribution is 0.412. The summed E-state index contributed by atoms with van der Waals surface area (Å²) in [6.07, 6.45) is 0. The van der Waals surface area contributed by atoms with Crippen molar-refractivity contribution in [1.29, 1.82) is 5.26 Å². The summed E-state index contributed by atoms with van der Waals surface area (Å²) in [6, 6.07) is 5.99. The van der Waals surface area contributed by atoms with E-state index in [1.54, 1.807) is 13.0 Å². The SMILES string of the molecule is COc1cc(F)cc(Br)c1-c1cc(C)[nH]c(=O)c1C#N. The van der Waals surface area contributed by atoms with Crippen LogP contribution in [-0.4, -0.2) is 12.1 Å². The predicted octanol–water partition coefficient (Wildman–Crippen LogP) is 3.13. The Kier molecular flexibility index (Phi) is 3.91. The van der Waals surface area contributed by atoms with Gasteiger partial charge in [0.25, 0.3) is 5.56 Å². The summed E-state index contributed by atoms with van der Waals surface area (Å²) in [5.41, 5.74) is 0.946. The van der Waals surface area contributed by atoms with Gasteiger partial charge >= 0.3 is 0 Å². The second kappa shape index (κ2) is 5.47. The first kappa shape index (κ1) is 14.3. The molecule has 1 aromatic carbocycles. The third-order valence-electron chi connectivity index (χ3n) is 2.79. The summed E-state index contributed by atoms with van der Waals surface area (Å²) < 4.78 is 19.0. The zero-order valence-electron chi connectivity index (χ0n) is 10.8. The Morgan fingerprint density at radius 1 is 1.40 bits per heavy atom. The van der Waals surface area contributed by atoms with Crippen molar-refractivity contribution >= 4 is 15.9 Å². The Bertz CT molecular complexity index is 778. The van der Waals surface area contributed by atoms with Crippen LogP contribution < -0.4 is 10.3 Å². The van der Waals surface area contributed by atoms with Gasteiger partial charge in [0, 0.05) is 27.4 Å². The van der Waals surface area contributed by atoms with E-state index >= 15 is 0 Å². The fourth-order valence-corrected chi connectivity index (χ4v) is 2.60. The summed E-state index contributed by atoms with van der Waals surface area (Å²) in [5, 5.41) is 9.16. The zero-order chi connectivity index (χ0) is 14.9. The maximum Gasteiger partial charge on any atom is 0.266 e. The number of methoxy groups -OCH3 is 1. The van der Waals surface area contributed by atoms with E-state index in [9.17, 15) is 9.18 Å². The molecule has 0 saturated heterocycles. The summed E-state index contributed by atoms with van der Waals surface area (Å²) >= 11 is 3.25. The number of halogens is 2. The molecule has 1 aromatic heterocycles. The minimum atomic E-state index is -0.485. The first-order valence-electron chi connectivity index (χ1n) is 5.65. The van der Waals surface area contributed by atoms with Crippen LogP contribution in [0.15, 0.2) is 27.5 Å². The lowest BCUT2D eigenvalue weighted by atomic mass is 10.00. The molecule has 0 atom stereocenters. The summed E-state index contributed by atoms with van der Waals surface area (Å²) in [4.78, 5) is 14.4. The molecular weight excluding hydrogens is 327 g/mol. The average Bonchev–Trinajstić information content (AvgIpc) is 2.36. The summed E-state index contributed by atoms with van der Waals surface area (Å²) in [5.74, 6) is -0.226. The van der Waals surface area contributed by atoms with Crippen LogP contribution in [0.4, 0.5) is 4.39 Å². The quantitative estimate of drug-likeness (QED) is 0.916. The van der Waals surface area contributed by atoms with Crippen LogP contribution in [0.1, 0.15) is 11.3 Å². The van der Waals surface area contributed by atoms with E-state index < -0.39 is 11.4 Å². The Morgan fingerprint density at radius 2 is 2.10 bits per heavy atom. The molecule has 6 heteroatoms. The fraction of sp³-hybridized carbons (Fsp3) is 0.143. The van der Waals surface area contributed by atoms with Crippen molar-refractivity contribution in [2.45, 2.75) is 6.92 Å². The number of H-pyrrole nitrogens is 1. The number of nitrogens with zero attached hydrogens (tertiary/aromatic N) is 1. The van der Waals surface area contributed by atoms with Gasteiger partial charge in [-0.25, -0.2) is 4.39 Å². The van der Waals surface area contributed by atoms with E-state index in [0.717, 1.165) is 0 Å². The molecule has 0 spiro atoms. The Labute approximate surface area is 123 Å². The number of nitrogens with one attached hydrogen (secondary N) is 1. The van der Waals surface area contributed by atoms with Crippen LogP contribution in [0.2, 0.25) is 0 Å². The molecule has 0 aliphatic heterocycles. The smallest absolute Gasteiger partial charge is 0.266 e. The van der Waals surface area contributed by atoms with E-state index in [4.69, 9.17) is 10.00 Å². The zero-order valence-corrected chi connectivity index (χ0v) is 12.3. The Morgan fingerprint density at radius 3 is 2.70 bits per heavy atom. The highest BCUT2D eigenvalue weighted by molar-refractivity contribution is 9.10. The fourth-order valence-electron chi connectivity index (χ4n) is 1.97. The van der Waals surface area contributed by atoms with E-state index in [1.807, 2.05) is 6.07 Å². The largest absolute Gasteiger partial charge is 0.496 e. The molecule has 0 aliphatic carbocycles. The highest BCUT2D eigenvalue weighted by Crippen LogP contribution is 2.38. The van der Waals surface area contributed by atoms with Crippen LogP contribution >= 0.6 is 15.9 Å². The van der Waals surface area contributed by atoms with Crippen LogP contribution in [0, 0.1) is 24.1 Å². The topological polar surface area (TPSA) is 65.9 Å². The molecule has 0 amide bonds. The summed E-state index contributed by atoms with van der Waals surface area (Å²) in [7, 11) is 1.40. The van der Waals surface area contributed by atoms with Crippen LogP contribution in [0.25, 0.3) is 11.1 Å². The van der Waals surface area contributed by atoms with Crippen molar-refractivity contribution in [3.05, 3.63) is 50.1 Å². The molecule has 2 aromatic rings. The van der Waals surface area contributed by atoms with Crippen LogP contribution in [0.5, 0.6) is 5.75 Å². The van der Waals surface area contributed by atoms with Crippen LogP contribution in [-0.2, 0) is 0 Å². The van der Waals surface area contributed by atoms with Gasteiger partial charge < -0.3 is 9.72 Å². The van der Waals surface area contributed by atoms with Crippen molar-refractivity contribution in [2.24, 2.45) is 0 Å². The maximum atomic E-state index is 13.4. The second-order valence-corrected chi connectivity index (χ2v) is 5.00. The molecule has 0 fully saturated rings. The van der Waals surface area contributed by atoms with Crippen LogP contribution in [0.3, 0.4) is 0 Å². The molecule has 20 heavy (non-hydrogen) atoms. The molecule has 0 unspecified atom stereocenters. The van der Waals surface area contributed by atoms with Gasteiger partial charge in [-0.3, -0.25) is 4.79 Å². The number of hydrogen-bond acceptors (Lipinski definition) is 3. The van der Waals surface area contributed by atoms with Gasteiger partial charge in [0.2, 0.25) is 0 Å². The Hall–Kier alpha value is -2.13. The molecule has 102 valence electrons. The van der Waals surface area contributed by atoms with Gasteiger partial charge in [0.1, 0.15) is 23.2 Å². The van der Waals surface area contributed by atoms with E-state index in [2.05, 4.69) is 20.9 Å². The molecule has 0 saturated carbocycles. The summed E-state index contributed by atoms with van der Waals surface area (Å²) in [6.45, 7) is 1.70. The number of pyridine rings is 1. The van der Waals surface area contributed by atoms with Gasteiger partial charge in [-0.2, -0.15) is 5.26 Å². The molecule has 1 heterocycles. The number of hydrogen-bond donors (Lipinski definition) is 1. The molecule has 2 rings (SSSR count). The number of aromatic nitrogens is 1. The highest BCUT2D eigenvalue weighted by atomic mass is 79.9. The minimum absolute atomic E-state index is 0.0405. The van der Waals surface area contributed by atoms with E-state index in [-0.39, 0.29) is 11.3 Å². The van der Waals surface area contributed by atoms with Crippen molar-refractivity contribution in [1.82, 2.24) is 4.98 Å². The standard InChI is InChI=1S/C14H10BrFN2O2/c1-7-3-9(10(6-17)14(19)18-7)13-11(15)4-8(16)5-12(13)20-2/h3-5H,1-2H3,(H,18,19). The third kappa shape index (κ3) is 2.45. The third-order valence-corrected chi connectivity index (χ3v) is 3.41. The minimum Gasteiger partial charge on any atom is -0.496 e. The monoisotopic (exact) mass is 336 g/mol. The van der Waals surface area contributed by atoms with Gasteiger partial charge in [0.15, 0.2) is 0 Å². The van der Waals surface area contributed by atoms with E-state index in [0.29, 0.717) is 21.3 Å². The lowest BCUT2D eigenvalue weighted by Gasteiger charge is -2.12. The first-order chi connectivity index (χ1) is 9.47. The average molecular weight is 337 g/mol. The Balaban J connectivity index is 2.89. The maximum absolute atomic E-state index is 13.4. The molecule has 4 nitrogen and oxygen atoms in total. The van der Waals surface area contributed by atoms with Gasteiger partial charge in [-0.05, 0) is 35.0 Å². The van der Waals surface area contributed by atoms with E-state index in [1.165, 1.54) is 19.2 Å². The number of benzene rings is 1. The second-order valence-electron chi connectivity index (χ2n) is 4.15. The first-order valence-corrected chi connectivity index (χ1v) is 6.44. The normalized spacial score (nSPS) is 10.2. The predicted molar refractivity (Wildman–Crippen MR) is 76.2 cm³/mol. The lowest BCUT2D eigenvalue weighted by Crippen LogP contribution is -2.13. The van der Waals surface area contributed by atoms with Crippen molar-refractivity contribution in [3.63, 3.8) is 0 Å². The number of ether oxygens (including phenoxy) is 1. The molecule has 0 radical (unpaired) electrons. The van der Waals surface area contributed by atoms with Gasteiger partial charge in [-0.15, -0.1) is 0 Å². The van der Waals surface area contributed by atoms with Gasteiger partial charge in [0.05, 0.1) is 7.11 Å². The molecule has 0 aliphatic rings. The molecule has 0 bridgehead atoms. The number of aryl methyl sites for hydroxylation is 1. The van der Waals surface area contributed by atoms with Gasteiger partial charge in [-0.1, -0.05) is 0 Å². The number of nitriles is 1. The number of rotatable bonds is 2. The number of aromatic amines is 1. The highest BCUT2D eigenvalue weighted by Gasteiger charge is 2.18. The molecule has 1 N–H and O–H groups in total.